The van der Waals surface area contributed by atoms with Crippen molar-refractivity contribution in [2.45, 2.75) is 13.5 Å². The van der Waals surface area contributed by atoms with Gasteiger partial charge in [-0.25, -0.2) is 4.98 Å². The van der Waals surface area contributed by atoms with Crippen LogP contribution in [0.15, 0.2) is 65.1 Å². The lowest BCUT2D eigenvalue weighted by Crippen LogP contribution is -2.01. The van der Waals surface area contributed by atoms with Gasteiger partial charge in [-0.3, -0.25) is 0 Å². The smallest absolute Gasteiger partial charge is 0.175 e. The quantitative estimate of drug-likeness (QED) is 0.354. The van der Waals surface area contributed by atoms with Crippen LogP contribution in [0.2, 0.25) is 5.02 Å². The van der Waals surface area contributed by atoms with Gasteiger partial charge in [0.15, 0.2) is 11.5 Å². The van der Waals surface area contributed by atoms with Gasteiger partial charge in [-0.15, -0.1) is 0 Å². The van der Waals surface area contributed by atoms with Gasteiger partial charge in [0.05, 0.1) is 22.1 Å². The molecule has 0 aliphatic carbocycles. The van der Waals surface area contributed by atoms with Crippen LogP contribution in [0.5, 0.6) is 11.5 Å². The Morgan fingerprint density at radius 1 is 1.04 bits per heavy atom. The summed E-state index contributed by atoms with van der Waals surface area (Å²) in [7, 11) is 0. The van der Waals surface area contributed by atoms with Gasteiger partial charge < -0.3 is 14.5 Å². The zero-order valence-electron chi connectivity index (χ0n) is 15.2. The van der Waals surface area contributed by atoms with Crippen molar-refractivity contribution in [3.8, 4) is 22.9 Å². The second-order valence-corrected chi connectivity index (χ2v) is 7.53. The van der Waals surface area contributed by atoms with Crippen molar-refractivity contribution in [2.24, 2.45) is 0 Å². The largest absolute Gasteiger partial charge is 0.490 e. The van der Waals surface area contributed by atoms with Gasteiger partial charge in [0, 0.05) is 10.6 Å². The van der Waals surface area contributed by atoms with Crippen LogP contribution < -0.4 is 9.47 Å². The molecule has 1 heterocycles. The molecule has 4 nitrogen and oxygen atoms in total. The first-order valence-electron chi connectivity index (χ1n) is 8.92. The zero-order valence-corrected chi connectivity index (χ0v) is 17.5. The topological polar surface area (TPSA) is 47.1 Å². The molecule has 0 aliphatic heterocycles. The molecular formula is C22H18BrClN2O2. The Bertz CT molecular complexity index is 1080. The van der Waals surface area contributed by atoms with Crippen LogP contribution in [0.3, 0.4) is 0 Å². The number of fused-ring (bicyclic) bond motifs is 1. The van der Waals surface area contributed by atoms with E-state index in [1.165, 1.54) is 0 Å². The van der Waals surface area contributed by atoms with Gasteiger partial charge in [0.2, 0.25) is 0 Å². The van der Waals surface area contributed by atoms with E-state index < -0.39 is 0 Å². The summed E-state index contributed by atoms with van der Waals surface area (Å²) in [4.78, 5) is 8.02. The average molecular weight is 458 g/mol. The van der Waals surface area contributed by atoms with E-state index in [9.17, 15) is 0 Å². The first-order valence-corrected chi connectivity index (χ1v) is 10.1. The summed E-state index contributed by atoms with van der Waals surface area (Å²) in [5.41, 5.74) is 3.87. The highest BCUT2D eigenvalue weighted by Gasteiger charge is 2.15. The van der Waals surface area contributed by atoms with Crippen LogP contribution in [-0.4, -0.2) is 16.6 Å². The van der Waals surface area contributed by atoms with Crippen molar-refractivity contribution in [2.75, 3.05) is 6.61 Å². The van der Waals surface area contributed by atoms with E-state index in [2.05, 4.69) is 25.9 Å². The van der Waals surface area contributed by atoms with Crippen molar-refractivity contribution >= 4 is 38.6 Å². The van der Waals surface area contributed by atoms with Gasteiger partial charge >= 0.3 is 0 Å². The van der Waals surface area contributed by atoms with Gasteiger partial charge in [0.25, 0.3) is 0 Å². The number of halogens is 2. The highest BCUT2D eigenvalue weighted by atomic mass is 79.9. The Morgan fingerprint density at radius 2 is 1.82 bits per heavy atom. The van der Waals surface area contributed by atoms with E-state index in [0.29, 0.717) is 29.7 Å². The number of benzene rings is 3. The summed E-state index contributed by atoms with van der Waals surface area (Å²) in [5.74, 6) is 2.12. The maximum atomic E-state index is 6.05. The molecule has 4 aromatic rings. The molecule has 0 spiro atoms. The number of nitrogens with one attached hydrogen (secondary N) is 1. The minimum Gasteiger partial charge on any atom is -0.490 e. The van der Waals surface area contributed by atoms with Gasteiger partial charge in [-0.05, 0) is 64.8 Å². The number of para-hydroxylation sites is 2. The Hall–Kier alpha value is -2.50. The van der Waals surface area contributed by atoms with Crippen LogP contribution in [0.1, 0.15) is 12.5 Å². The summed E-state index contributed by atoms with van der Waals surface area (Å²) in [6.45, 7) is 2.90. The number of ether oxygens (including phenoxy) is 2. The van der Waals surface area contributed by atoms with Crippen LogP contribution in [0.4, 0.5) is 0 Å². The predicted molar refractivity (Wildman–Crippen MR) is 116 cm³/mol. The second-order valence-electron chi connectivity index (χ2n) is 6.24. The molecule has 0 saturated carbocycles. The average Bonchev–Trinajstić information content (AvgIpc) is 3.13. The third-order valence-corrected chi connectivity index (χ3v) is 5.11. The van der Waals surface area contributed by atoms with E-state index in [1.54, 1.807) is 0 Å². The lowest BCUT2D eigenvalue weighted by molar-refractivity contribution is 0.268. The Balaban J connectivity index is 1.66. The van der Waals surface area contributed by atoms with Crippen molar-refractivity contribution in [1.29, 1.82) is 0 Å². The first kappa shape index (κ1) is 18.8. The van der Waals surface area contributed by atoms with E-state index in [1.807, 2.05) is 67.6 Å². The Labute approximate surface area is 176 Å². The minimum atomic E-state index is 0.416. The third kappa shape index (κ3) is 4.01. The molecule has 0 saturated heterocycles. The Morgan fingerprint density at radius 3 is 2.57 bits per heavy atom. The fourth-order valence-electron chi connectivity index (χ4n) is 2.93. The molecule has 28 heavy (non-hydrogen) atoms. The summed E-state index contributed by atoms with van der Waals surface area (Å²) in [6.07, 6.45) is 0. The zero-order chi connectivity index (χ0) is 19.5. The standard InChI is InChI=1S/C22H18BrClN2O2/c1-2-27-20-12-15(22-25-18-5-3-4-6-19(18)26-22)11-17(23)21(20)28-13-14-7-9-16(24)10-8-14/h3-12H,2,13H2,1H3,(H,25,26). The SMILES string of the molecule is CCOc1cc(-c2nc3ccccc3[nH]2)cc(Br)c1OCc1ccc(Cl)cc1. The first-order chi connectivity index (χ1) is 13.6. The molecule has 0 unspecified atom stereocenters. The summed E-state index contributed by atoms with van der Waals surface area (Å²) >= 11 is 9.57. The maximum absolute atomic E-state index is 6.05. The molecule has 1 N–H and O–H groups in total. The van der Waals surface area contributed by atoms with Gasteiger partial charge in [-0.2, -0.15) is 0 Å². The van der Waals surface area contributed by atoms with Crippen LogP contribution in [-0.2, 0) is 6.61 Å². The highest BCUT2D eigenvalue weighted by Crippen LogP contribution is 2.40. The van der Waals surface area contributed by atoms with E-state index in [4.69, 9.17) is 21.1 Å². The monoisotopic (exact) mass is 456 g/mol. The molecule has 142 valence electrons. The highest BCUT2D eigenvalue weighted by molar-refractivity contribution is 9.10. The fourth-order valence-corrected chi connectivity index (χ4v) is 3.62. The molecule has 0 radical (unpaired) electrons. The Kier molecular flexibility index (Phi) is 5.55. The summed E-state index contributed by atoms with van der Waals surface area (Å²) < 4.78 is 12.7. The van der Waals surface area contributed by atoms with E-state index in [-0.39, 0.29) is 0 Å². The van der Waals surface area contributed by atoms with E-state index in [0.717, 1.165) is 32.5 Å². The molecule has 4 rings (SSSR count). The minimum absolute atomic E-state index is 0.416. The number of imidazole rings is 1. The lowest BCUT2D eigenvalue weighted by atomic mass is 10.2. The molecule has 0 bridgehead atoms. The molecule has 0 amide bonds. The number of rotatable bonds is 6. The molecule has 3 aromatic carbocycles. The molecule has 1 aromatic heterocycles. The predicted octanol–water partition coefficient (Wildman–Crippen LogP) is 6.62. The second kappa shape index (κ2) is 8.25. The maximum Gasteiger partial charge on any atom is 0.175 e. The third-order valence-electron chi connectivity index (χ3n) is 4.27. The van der Waals surface area contributed by atoms with Gasteiger partial charge in [0.1, 0.15) is 12.4 Å². The number of hydrogen-bond donors (Lipinski definition) is 1. The van der Waals surface area contributed by atoms with Gasteiger partial charge in [-0.1, -0.05) is 35.9 Å². The van der Waals surface area contributed by atoms with Crippen LogP contribution in [0.25, 0.3) is 22.4 Å². The number of aromatic amines is 1. The van der Waals surface area contributed by atoms with Crippen molar-refractivity contribution in [1.82, 2.24) is 9.97 Å². The van der Waals surface area contributed by atoms with E-state index >= 15 is 0 Å². The summed E-state index contributed by atoms with van der Waals surface area (Å²) in [5, 5.41) is 0.704. The number of aromatic nitrogens is 2. The molecule has 6 heteroatoms. The molecular weight excluding hydrogens is 440 g/mol. The molecule has 0 fully saturated rings. The number of nitrogens with zero attached hydrogens (tertiary/aromatic N) is 1. The fraction of sp³-hybridized carbons (Fsp3) is 0.136. The normalized spacial score (nSPS) is 11.0. The lowest BCUT2D eigenvalue weighted by Gasteiger charge is -2.15. The molecule has 0 atom stereocenters. The number of H-pyrrole nitrogens is 1. The van der Waals surface area contributed by atoms with Crippen molar-refractivity contribution in [3.05, 3.63) is 75.7 Å². The van der Waals surface area contributed by atoms with Crippen molar-refractivity contribution < 1.29 is 9.47 Å². The number of hydrogen-bond acceptors (Lipinski definition) is 3. The van der Waals surface area contributed by atoms with Crippen molar-refractivity contribution in [3.63, 3.8) is 0 Å². The van der Waals surface area contributed by atoms with Crippen LogP contribution in [0, 0.1) is 0 Å². The summed E-state index contributed by atoms with van der Waals surface area (Å²) in [6, 6.07) is 19.5. The molecule has 0 aliphatic rings. The van der Waals surface area contributed by atoms with Crippen LogP contribution >= 0.6 is 27.5 Å².